The summed E-state index contributed by atoms with van der Waals surface area (Å²) >= 11 is 11.8. The van der Waals surface area contributed by atoms with Gasteiger partial charge in [-0.05, 0) is 18.2 Å². The number of rotatable bonds is 3. The van der Waals surface area contributed by atoms with Crippen LogP contribution in [-0.2, 0) is 9.59 Å². The Kier molecular flexibility index (Phi) is 5.31. The summed E-state index contributed by atoms with van der Waals surface area (Å²) in [7, 11) is 0. The molecule has 0 aliphatic carbocycles. The number of nitrogens with zero attached hydrogens (tertiary/aromatic N) is 2. The predicted molar refractivity (Wildman–Crippen MR) is 83.8 cm³/mol. The lowest BCUT2D eigenvalue weighted by Gasteiger charge is -2.34. The Bertz CT molecular complexity index is 523. The molecular formula is C14H17Cl2N3O2. The van der Waals surface area contributed by atoms with Gasteiger partial charge in [0, 0.05) is 48.8 Å². The highest BCUT2D eigenvalue weighted by atomic mass is 35.5. The highest BCUT2D eigenvalue weighted by Gasteiger charge is 2.21. The molecule has 0 saturated carbocycles. The normalized spacial score (nSPS) is 15.0. The van der Waals surface area contributed by atoms with Gasteiger partial charge in [-0.25, -0.2) is 0 Å². The predicted octanol–water partition coefficient (Wildman–Crippen LogP) is 2.10. The van der Waals surface area contributed by atoms with Crippen LogP contribution in [0.4, 0.5) is 5.69 Å². The lowest BCUT2D eigenvalue weighted by atomic mass is 10.3. The first kappa shape index (κ1) is 15.9. The van der Waals surface area contributed by atoms with Gasteiger partial charge in [0.1, 0.15) is 0 Å². The fourth-order valence-electron chi connectivity index (χ4n) is 2.22. The summed E-state index contributed by atoms with van der Waals surface area (Å²) in [5.74, 6) is 0.0445. The highest BCUT2D eigenvalue weighted by Crippen LogP contribution is 2.22. The molecule has 0 aromatic heterocycles. The van der Waals surface area contributed by atoms with E-state index in [0.29, 0.717) is 41.9 Å². The van der Waals surface area contributed by atoms with Crippen LogP contribution >= 0.6 is 23.2 Å². The maximum absolute atomic E-state index is 12.1. The minimum absolute atomic E-state index is 0.00528. The lowest BCUT2D eigenvalue weighted by molar-refractivity contribution is -0.137. The van der Waals surface area contributed by atoms with Crippen LogP contribution in [0, 0.1) is 0 Å². The number of carbonyl (C=O) groups is 2. The van der Waals surface area contributed by atoms with Crippen molar-refractivity contribution in [2.45, 2.75) is 6.92 Å². The molecule has 114 valence electrons. The van der Waals surface area contributed by atoms with Crippen molar-refractivity contribution in [2.75, 3.05) is 38.0 Å². The maximum Gasteiger partial charge on any atom is 0.241 e. The average molecular weight is 330 g/mol. The molecule has 1 aromatic carbocycles. The van der Waals surface area contributed by atoms with E-state index in [1.54, 1.807) is 34.9 Å². The first-order valence-electron chi connectivity index (χ1n) is 6.69. The van der Waals surface area contributed by atoms with Crippen molar-refractivity contribution >= 4 is 40.7 Å². The molecule has 21 heavy (non-hydrogen) atoms. The third-order valence-corrected chi connectivity index (χ3v) is 3.82. The Morgan fingerprint density at radius 2 is 1.57 bits per heavy atom. The average Bonchev–Trinajstić information content (AvgIpc) is 2.44. The number of hydrogen-bond acceptors (Lipinski definition) is 3. The second-order valence-electron chi connectivity index (χ2n) is 4.90. The van der Waals surface area contributed by atoms with E-state index in [2.05, 4.69) is 5.32 Å². The van der Waals surface area contributed by atoms with E-state index in [4.69, 9.17) is 23.2 Å². The summed E-state index contributed by atoms with van der Waals surface area (Å²) in [4.78, 5) is 26.8. The zero-order valence-corrected chi connectivity index (χ0v) is 13.2. The van der Waals surface area contributed by atoms with E-state index in [9.17, 15) is 9.59 Å². The van der Waals surface area contributed by atoms with E-state index in [0.717, 1.165) is 0 Å². The molecule has 0 bridgehead atoms. The minimum Gasteiger partial charge on any atom is -0.376 e. The fraction of sp³-hybridized carbons (Fsp3) is 0.429. The van der Waals surface area contributed by atoms with Gasteiger partial charge in [0.25, 0.3) is 0 Å². The monoisotopic (exact) mass is 329 g/mol. The Balaban J connectivity index is 1.84. The molecule has 0 spiro atoms. The molecule has 1 heterocycles. The van der Waals surface area contributed by atoms with E-state index in [-0.39, 0.29) is 18.4 Å². The standard InChI is InChI=1S/C14H17Cl2N3O2/c1-10(20)18-2-4-19(5-3-18)14(21)9-17-13-7-11(15)6-12(16)8-13/h6-8,17H,2-5,9H2,1H3. The molecule has 1 N–H and O–H groups in total. The Hall–Kier alpha value is -1.46. The topological polar surface area (TPSA) is 52.7 Å². The third kappa shape index (κ3) is 4.51. The molecular weight excluding hydrogens is 313 g/mol. The third-order valence-electron chi connectivity index (χ3n) is 3.38. The van der Waals surface area contributed by atoms with Crippen molar-refractivity contribution in [3.63, 3.8) is 0 Å². The number of nitrogens with one attached hydrogen (secondary N) is 1. The van der Waals surface area contributed by atoms with E-state index < -0.39 is 0 Å². The Morgan fingerprint density at radius 3 is 2.10 bits per heavy atom. The summed E-state index contributed by atoms with van der Waals surface area (Å²) in [6.07, 6.45) is 0. The van der Waals surface area contributed by atoms with Crippen molar-refractivity contribution in [1.82, 2.24) is 9.80 Å². The second kappa shape index (κ2) is 7.00. The molecule has 1 saturated heterocycles. The van der Waals surface area contributed by atoms with Gasteiger partial charge in [-0.1, -0.05) is 23.2 Å². The van der Waals surface area contributed by atoms with Gasteiger partial charge >= 0.3 is 0 Å². The number of halogens is 2. The Labute approximate surface area is 133 Å². The molecule has 7 heteroatoms. The van der Waals surface area contributed by atoms with Crippen molar-refractivity contribution in [3.8, 4) is 0 Å². The van der Waals surface area contributed by atoms with Gasteiger partial charge < -0.3 is 15.1 Å². The molecule has 0 unspecified atom stereocenters. The quantitative estimate of drug-likeness (QED) is 0.923. The molecule has 5 nitrogen and oxygen atoms in total. The Morgan fingerprint density at radius 1 is 1.05 bits per heavy atom. The summed E-state index contributed by atoms with van der Waals surface area (Å²) in [5.41, 5.74) is 0.711. The highest BCUT2D eigenvalue weighted by molar-refractivity contribution is 6.35. The summed E-state index contributed by atoms with van der Waals surface area (Å²) in [5, 5.41) is 4.06. The van der Waals surface area contributed by atoms with Crippen LogP contribution in [0.15, 0.2) is 18.2 Å². The molecule has 1 aromatic rings. The van der Waals surface area contributed by atoms with Crippen molar-refractivity contribution in [1.29, 1.82) is 0 Å². The minimum atomic E-state index is -0.00528. The van der Waals surface area contributed by atoms with Crippen LogP contribution in [-0.4, -0.2) is 54.3 Å². The molecule has 1 aliphatic rings. The van der Waals surface area contributed by atoms with E-state index >= 15 is 0 Å². The zero-order valence-electron chi connectivity index (χ0n) is 11.7. The molecule has 1 fully saturated rings. The van der Waals surface area contributed by atoms with Crippen molar-refractivity contribution in [3.05, 3.63) is 28.2 Å². The first-order chi connectivity index (χ1) is 9.95. The van der Waals surface area contributed by atoms with Gasteiger partial charge in [0.15, 0.2) is 0 Å². The van der Waals surface area contributed by atoms with Gasteiger partial charge in [0.05, 0.1) is 6.54 Å². The number of amides is 2. The van der Waals surface area contributed by atoms with E-state index in [1.165, 1.54) is 0 Å². The molecule has 1 aliphatic heterocycles. The zero-order chi connectivity index (χ0) is 15.4. The smallest absolute Gasteiger partial charge is 0.241 e. The maximum atomic E-state index is 12.1. The summed E-state index contributed by atoms with van der Waals surface area (Å²) in [6.45, 7) is 4.03. The largest absolute Gasteiger partial charge is 0.376 e. The first-order valence-corrected chi connectivity index (χ1v) is 7.44. The molecule has 0 atom stereocenters. The molecule has 0 radical (unpaired) electrons. The van der Waals surface area contributed by atoms with Crippen LogP contribution in [0.25, 0.3) is 0 Å². The number of hydrogen-bond donors (Lipinski definition) is 1. The summed E-state index contributed by atoms with van der Waals surface area (Å²) < 4.78 is 0. The van der Waals surface area contributed by atoms with Crippen LogP contribution < -0.4 is 5.32 Å². The van der Waals surface area contributed by atoms with Crippen LogP contribution in [0.1, 0.15) is 6.92 Å². The van der Waals surface area contributed by atoms with Crippen molar-refractivity contribution in [2.24, 2.45) is 0 Å². The number of benzene rings is 1. The van der Waals surface area contributed by atoms with Gasteiger partial charge in [-0.15, -0.1) is 0 Å². The van der Waals surface area contributed by atoms with Crippen LogP contribution in [0.3, 0.4) is 0 Å². The molecule has 2 rings (SSSR count). The SMILES string of the molecule is CC(=O)N1CCN(C(=O)CNc2cc(Cl)cc(Cl)c2)CC1. The molecule has 2 amide bonds. The van der Waals surface area contributed by atoms with Gasteiger partial charge in [-0.3, -0.25) is 9.59 Å². The summed E-state index contributed by atoms with van der Waals surface area (Å²) in [6, 6.07) is 5.07. The number of carbonyl (C=O) groups excluding carboxylic acids is 2. The van der Waals surface area contributed by atoms with Crippen LogP contribution in [0.5, 0.6) is 0 Å². The number of piperazine rings is 1. The fourth-order valence-corrected chi connectivity index (χ4v) is 2.74. The van der Waals surface area contributed by atoms with Gasteiger partial charge in [-0.2, -0.15) is 0 Å². The van der Waals surface area contributed by atoms with Crippen LogP contribution in [0.2, 0.25) is 10.0 Å². The second-order valence-corrected chi connectivity index (χ2v) is 5.77. The van der Waals surface area contributed by atoms with Crippen molar-refractivity contribution < 1.29 is 9.59 Å². The lowest BCUT2D eigenvalue weighted by Crippen LogP contribution is -2.51. The van der Waals surface area contributed by atoms with E-state index in [1.807, 2.05) is 0 Å². The number of anilines is 1. The van der Waals surface area contributed by atoms with Gasteiger partial charge in [0.2, 0.25) is 11.8 Å².